The number of amides is 1. The summed E-state index contributed by atoms with van der Waals surface area (Å²) in [4.78, 5) is 16.7. The van der Waals surface area contributed by atoms with Gasteiger partial charge in [-0.1, -0.05) is 24.3 Å². The molecule has 1 aliphatic heterocycles. The number of rotatable bonds is 5. The van der Waals surface area contributed by atoms with Crippen LogP contribution in [0.1, 0.15) is 21.5 Å². The van der Waals surface area contributed by atoms with Crippen molar-refractivity contribution in [3.05, 3.63) is 77.6 Å². The van der Waals surface area contributed by atoms with Gasteiger partial charge in [-0.25, -0.2) is 0 Å². The van der Waals surface area contributed by atoms with Gasteiger partial charge in [-0.05, 0) is 42.3 Å². The zero-order valence-corrected chi connectivity index (χ0v) is 14.9. The van der Waals surface area contributed by atoms with Gasteiger partial charge in [0.2, 0.25) is 6.79 Å². The smallest absolute Gasteiger partial charge is 0.253 e. The third kappa shape index (κ3) is 3.84. The topological polar surface area (TPSA) is 72.5 Å². The number of anilines is 2. The molecule has 2 heterocycles. The van der Waals surface area contributed by atoms with Gasteiger partial charge in [0.25, 0.3) is 5.91 Å². The Kier molecular flexibility index (Phi) is 4.61. The molecule has 0 spiro atoms. The molecule has 2 aromatic carbocycles. The fourth-order valence-electron chi connectivity index (χ4n) is 2.84. The lowest BCUT2D eigenvalue weighted by Gasteiger charge is -2.10. The molecule has 0 fully saturated rings. The Balaban J connectivity index is 1.42. The summed E-state index contributed by atoms with van der Waals surface area (Å²) in [6, 6.07) is 15.4. The number of aryl methyl sites for hydroxylation is 1. The van der Waals surface area contributed by atoms with Crippen LogP contribution in [0.5, 0.6) is 11.5 Å². The minimum absolute atomic E-state index is 0.186. The van der Waals surface area contributed by atoms with Gasteiger partial charge >= 0.3 is 0 Å². The highest BCUT2D eigenvalue weighted by Gasteiger charge is 2.14. The second-order valence-electron chi connectivity index (χ2n) is 6.27. The van der Waals surface area contributed by atoms with Crippen LogP contribution in [0.3, 0.4) is 0 Å². The molecular weight excluding hydrogens is 342 g/mol. The van der Waals surface area contributed by atoms with E-state index in [0.29, 0.717) is 17.9 Å². The summed E-state index contributed by atoms with van der Waals surface area (Å²) in [7, 11) is 0. The average Bonchev–Trinajstić information content (AvgIpc) is 3.16. The van der Waals surface area contributed by atoms with Crippen LogP contribution >= 0.6 is 0 Å². The summed E-state index contributed by atoms with van der Waals surface area (Å²) in [5, 5.41) is 6.20. The fraction of sp³-hybridized carbons (Fsp3) is 0.143. The molecule has 27 heavy (non-hydrogen) atoms. The molecule has 0 radical (unpaired) electrons. The molecule has 0 bridgehead atoms. The maximum atomic E-state index is 12.5. The van der Waals surface area contributed by atoms with E-state index in [0.717, 1.165) is 28.3 Å². The maximum absolute atomic E-state index is 12.5. The van der Waals surface area contributed by atoms with Crippen molar-refractivity contribution >= 4 is 17.3 Å². The van der Waals surface area contributed by atoms with Crippen LogP contribution in [-0.2, 0) is 6.54 Å². The molecule has 0 saturated carbocycles. The highest BCUT2D eigenvalue weighted by molar-refractivity contribution is 5.94. The molecule has 0 aliphatic carbocycles. The molecule has 136 valence electrons. The lowest BCUT2D eigenvalue weighted by molar-refractivity contribution is 0.0950. The van der Waals surface area contributed by atoms with Gasteiger partial charge in [0.05, 0.1) is 17.4 Å². The summed E-state index contributed by atoms with van der Waals surface area (Å²) < 4.78 is 10.7. The second kappa shape index (κ2) is 7.37. The van der Waals surface area contributed by atoms with E-state index >= 15 is 0 Å². The largest absolute Gasteiger partial charge is 0.454 e. The summed E-state index contributed by atoms with van der Waals surface area (Å²) in [6.07, 6.45) is 3.25. The number of hydrogen-bond donors (Lipinski definition) is 2. The van der Waals surface area contributed by atoms with E-state index in [1.54, 1.807) is 18.5 Å². The van der Waals surface area contributed by atoms with Crippen molar-refractivity contribution in [2.24, 2.45) is 0 Å². The van der Waals surface area contributed by atoms with Gasteiger partial charge in [-0.3, -0.25) is 9.78 Å². The summed E-state index contributed by atoms with van der Waals surface area (Å²) >= 11 is 0. The van der Waals surface area contributed by atoms with Crippen LogP contribution in [0.2, 0.25) is 0 Å². The zero-order chi connectivity index (χ0) is 18.6. The number of carbonyl (C=O) groups excluding carboxylic acids is 1. The summed E-state index contributed by atoms with van der Waals surface area (Å²) in [6.45, 7) is 2.65. The number of ether oxygens (including phenoxy) is 2. The average molecular weight is 361 g/mol. The molecule has 0 atom stereocenters. The minimum Gasteiger partial charge on any atom is -0.454 e. The molecule has 1 aromatic heterocycles. The molecule has 0 saturated heterocycles. The molecule has 2 N–H and O–H groups in total. The Morgan fingerprint density at radius 3 is 2.81 bits per heavy atom. The third-order valence-corrected chi connectivity index (χ3v) is 4.31. The molecule has 0 unspecified atom stereocenters. The van der Waals surface area contributed by atoms with Crippen molar-refractivity contribution in [3.8, 4) is 11.5 Å². The van der Waals surface area contributed by atoms with Crippen LogP contribution in [0, 0.1) is 6.92 Å². The first-order chi connectivity index (χ1) is 13.2. The first-order valence-electron chi connectivity index (χ1n) is 8.63. The van der Waals surface area contributed by atoms with Gasteiger partial charge in [0.1, 0.15) is 0 Å². The number of carbonyl (C=O) groups is 1. The standard InChI is InChI=1S/C21H19N3O3/c1-14-4-2-3-5-18(14)24-17-9-16(11-22-12-17)21(25)23-10-15-6-7-19-20(8-15)27-13-26-19/h2-9,11-12,24H,10,13H2,1H3,(H,23,25). The molecule has 6 heteroatoms. The van der Waals surface area contributed by atoms with E-state index < -0.39 is 0 Å². The minimum atomic E-state index is -0.186. The number of nitrogens with one attached hydrogen (secondary N) is 2. The third-order valence-electron chi connectivity index (χ3n) is 4.31. The highest BCUT2D eigenvalue weighted by atomic mass is 16.7. The Morgan fingerprint density at radius 2 is 1.93 bits per heavy atom. The number of aromatic nitrogens is 1. The monoisotopic (exact) mass is 361 g/mol. The molecule has 1 amide bonds. The van der Waals surface area contributed by atoms with E-state index in [4.69, 9.17) is 9.47 Å². The normalized spacial score (nSPS) is 11.9. The van der Waals surface area contributed by atoms with Gasteiger partial charge < -0.3 is 20.1 Å². The second-order valence-corrected chi connectivity index (χ2v) is 6.27. The number of fused-ring (bicyclic) bond motifs is 1. The van der Waals surface area contributed by atoms with Crippen LogP contribution in [0.25, 0.3) is 0 Å². The number of benzene rings is 2. The molecule has 1 aliphatic rings. The number of nitrogens with zero attached hydrogens (tertiary/aromatic N) is 1. The van der Waals surface area contributed by atoms with Crippen molar-refractivity contribution in [2.75, 3.05) is 12.1 Å². The quantitative estimate of drug-likeness (QED) is 0.723. The van der Waals surface area contributed by atoms with E-state index in [2.05, 4.69) is 15.6 Å². The predicted molar refractivity (Wildman–Crippen MR) is 102 cm³/mol. The highest BCUT2D eigenvalue weighted by Crippen LogP contribution is 2.32. The van der Waals surface area contributed by atoms with Crippen molar-refractivity contribution in [3.63, 3.8) is 0 Å². The van der Waals surface area contributed by atoms with Crippen molar-refractivity contribution in [2.45, 2.75) is 13.5 Å². The first-order valence-corrected chi connectivity index (χ1v) is 8.63. The number of hydrogen-bond acceptors (Lipinski definition) is 5. The Morgan fingerprint density at radius 1 is 1.07 bits per heavy atom. The van der Waals surface area contributed by atoms with Crippen LogP contribution in [0.15, 0.2) is 60.9 Å². The molecule has 3 aromatic rings. The lowest BCUT2D eigenvalue weighted by atomic mass is 10.1. The molecule has 6 nitrogen and oxygen atoms in total. The van der Waals surface area contributed by atoms with Crippen LogP contribution in [0.4, 0.5) is 11.4 Å². The lowest BCUT2D eigenvalue weighted by Crippen LogP contribution is -2.23. The van der Waals surface area contributed by atoms with Crippen molar-refractivity contribution in [1.29, 1.82) is 0 Å². The van der Waals surface area contributed by atoms with Gasteiger partial charge in [-0.15, -0.1) is 0 Å². The van der Waals surface area contributed by atoms with Crippen LogP contribution in [-0.4, -0.2) is 17.7 Å². The van der Waals surface area contributed by atoms with Crippen LogP contribution < -0.4 is 20.1 Å². The number of para-hydroxylation sites is 1. The van der Waals surface area contributed by atoms with E-state index in [-0.39, 0.29) is 12.7 Å². The first kappa shape index (κ1) is 16.9. The van der Waals surface area contributed by atoms with Gasteiger partial charge in [0.15, 0.2) is 11.5 Å². The van der Waals surface area contributed by atoms with E-state index in [1.165, 1.54) is 0 Å². The molecule has 4 rings (SSSR count). The maximum Gasteiger partial charge on any atom is 0.253 e. The van der Waals surface area contributed by atoms with E-state index in [9.17, 15) is 4.79 Å². The van der Waals surface area contributed by atoms with Crippen molar-refractivity contribution in [1.82, 2.24) is 10.3 Å². The molecular formula is C21H19N3O3. The van der Waals surface area contributed by atoms with Gasteiger partial charge in [0, 0.05) is 18.4 Å². The van der Waals surface area contributed by atoms with E-state index in [1.807, 2.05) is 49.4 Å². The van der Waals surface area contributed by atoms with Crippen molar-refractivity contribution < 1.29 is 14.3 Å². The Hall–Kier alpha value is -3.54. The zero-order valence-electron chi connectivity index (χ0n) is 14.9. The predicted octanol–water partition coefficient (Wildman–Crippen LogP) is 3.79. The Labute approximate surface area is 157 Å². The van der Waals surface area contributed by atoms with Gasteiger partial charge in [-0.2, -0.15) is 0 Å². The Bertz CT molecular complexity index is 988. The summed E-state index contributed by atoms with van der Waals surface area (Å²) in [5.74, 6) is 1.24. The number of pyridine rings is 1. The summed E-state index contributed by atoms with van der Waals surface area (Å²) in [5.41, 5.74) is 4.30. The SMILES string of the molecule is Cc1ccccc1Nc1cncc(C(=O)NCc2ccc3c(c2)OCO3)c1. The fourth-order valence-corrected chi connectivity index (χ4v) is 2.84.